The van der Waals surface area contributed by atoms with Gasteiger partial charge in [-0.25, -0.2) is 4.79 Å². The highest BCUT2D eigenvalue weighted by Crippen LogP contribution is 1.91. The summed E-state index contributed by atoms with van der Waals surface area (Å²) in [5.74, 6) is -2.13. The first-order valence-corrected chi connectivity index (χ1v) is 4.36. The molecule has 0 amide bonds. The zero-order chi connectivity index (χ0) is 11.0. The quantitative estimate of drug-likeness (QED) is 0.344. The van der Waals surface area contributed by atoms with Crippen LogP contribution in [0.5, 0.6) is 0 Å². The molecule has 0 aromatic rings. The number of carbonyl (C=O) groups excluding carboxylic acids is 2. The Hall–Kier alpha value is -1.52. The molecule has 0 saturated heterocycles. The highest BCUT2D eigenvalue weighted by molar-refractivity contribution is 5.93. The van der Waals surface area contributed by atoms with Gasteiger partial charge in [-0.05, 0) is 6.42 Å². The molecular weight excluding hydrogens is 186 g/mol. The zero-order valence-corrected chi connectivity index (χ0v) is 8.33. The summed E-state index contributed by atoms with van der Waals surface area (Å²) in [6.07, 6.45) is 2.63. The fourth-order valence-corrected chi connectivity index (χ4v) is 0.759. The number of carboxylic acid groups (broad SMARTS) is 1. The first-order chi connectivity index (χ1) is 6.61. The van der Waals surface area contributed by atoms with E-state index in [0.29, 0.717) is 6.54 Å². The maximum Gasteiger partial charge on any atom is 0.332 e. The van der Waals surface area contributed by atoms with E-state index < -0.39 is 11.9 Å². The SMILES string of the molecule is CCCCN/C(=C/C(=O)OC)C(=O)[O-]. The third-order valence-corrected chi connectivity index (χ3v) is 1.53. The second-order valence-corrected chi connectivity index (χ2v) is 2.65. The summed E-state index contributed by atoms with van der Waals surface area (Å²) in [6, 6.07) is 0. The van der Waals surface area contributed by atoms with Crippen molar-refractivity contribution in [1.29, 1.82) is 0 Å². The number of aliphatic carboxylic acids is 1. The Bertz CT molecular complexity index is 235. The molecule has 0 aliphatic carbocycles. The van der Waals surface area contributed by atoms with E-state index >= 15 is 0 Å². The molecule has 5 heteroatoms. The Morgan fingerprint density at radius 1 is 1.50 bits per heavy atom. The van der Waals surface area contributed by atoms with E-state index in [4.69, 9.17) is 0 Å². The molecule has 0 radical (unpaired) electrons. The van der Waals surface area contributed by atoms with Crippen LogP contribution < -0.4 is 10.4 Å². The predicted octanol–water partition coefficient (Wildman–Crippen LogP) is -0.817. The van der Waals surface area contributed by atoms with Crippen molar-refractivity contribution in [3.05, 3.63) is 11.8 Å². The van der Waals surface area contributed by atoms with Crippen LogP contribution in [-0.4, -0.2) is 25.6 Å². The summed E-state index contributed by atoms with van der Waals surface area (Å²) in [6.45, 7) is 2.47. The van der Waals surface area contributed by atoms with Crippen LogP contribution in [-0.2, 0) is 14.3 Å². The summed E-state index contributed by atoms with van der Waals surface area (Å²) >= 11 is 0. The van der Waals surface area contributed by atoms with Crippen LogP contribution in [0.3, 0.4) is 0 Å². The van der Waals surface area contributed by atoms with Crippen molar-refractivity contribution in [2.24, 2.45) is 0 Å². The number of hydrogen-bond donors (Lipinski definition) is 1. The lowest BCUT2D eigenvalue weighted by Crippen LogP contribution is -2.33. The Labute approximate surface area is 82.7 Å². The van der Waals surface area contributed by atoms with Crippen LogP contribution in [0.4, 0.5) is 0 Å². The van der Waals surface area contributed by atoms with E-state index in [1.807, 2.05) is 6.92 Å². The van der Waals surface area contributed by atoms with Gasteiger partial charge in [0.2, 0.25) is 0 Å². The van der Waals surface area contributed by atoms with Crippen LogP contribution in [0.15, 0.2) is 11.8 Å². The van der Waals surface area contributed by atoms with E-state index in [2.05, 4.69) is 10.1 Å². The molecule has 14 heavy (non-hydrogen) atoms. The number of ether oxygens (including phenoxy) is 1. The van der Waals surface area contributed by atoms with Crippen molar-refractivity contribution >= 4 is 11.9 Å². The highest BCUT2D eigenvalue weighted by Gasteiger charge is 2.01. The first-order valence-electron chi connectivity index (χ1n) is 4.36. The molecule has 0 aromatic heterocycles. The smallest absolute Gasteiger partial charge is 0.332 e. The van der Waals surface area contributed by atoms with Crippen molar-refractivity contribution in [3.63, 3.8) is 0 Å². The van der Waals surface area contributed by atoms with Gasteiger partial charge in [0, 0.05) is 12.6 Å². The first kappa shape index (κ1) is 12.5. The minimum atomic E-state index is -1.41. The molecule has 0 unspecified atom stereocenters. The molecule has 0 bridgehead atoms. The van der Waals surface area contributed by atoms with E-state index in [1.165, 1.54) is 7.11 Å². The Kier molecular flexibility index (Phi) is 6.19. The molecule has 0 spiro atoms. The van der Waals surface area contributed by atoms with Crippen LogP contribution in [0.1, 0.15) is 19.8 Å². The topological polar surface area (TPSA) is 78.5 Å². The molecular formula is C9H14NO4-. The number of carbonyl (C=O) groups is 2. The fraction of sp³-hybridized carbons (Fsp3) is 0.556. The number of carboxylic acids is 1. The Balaban J connectivity index is 4.22. The van der Waals surface area contributed by atoms with Crippen LogP contribution in [0.25, 0.3) is 0 Å². The van der Waals surface area contributed by atoms with Crippen molar-refractivity contribution in [2.75, 3.05) is 13.7 Å². The number of nitrogens with one attached hydrogen (secondary N) is 1. The van der Waals surface area contributed by atoms with Gasteiger partial charge in [0.1, 0.15) is 0 Å². The van der Waals surface area contributed by atoms with Crippen molar-refractivity contribution in [1.82, 2.24) is 5.32 Å². The summed E-state index contributed by atoms with van der Waals surface area (Å²) in [7, 11) is 1.18. The maximum absolute atomic E-state index is 10.7. The summed E-state index contributed by atoms with van der Waals surface area (Å²) in [5, 5.41) is 13.1. The number of esters is 1. The second kappa shape index (κ2) is 6.94. The van der Waals surface area contributed by atoms with Gasteiger partial charge >= 0.3 is 5.97 Å². The largest absolute Gasteiger partial charge is 0.543 e. The maximum atomic E-state index is 10.7. The molecule has 1 N–H and O–H groups in total. The second-order valence-electron chi connectivity index (χ2n) is 2.65. The van der Waals surface area contributed by atoms with Gasteiger partial charge in [-0.3, -0.25) is 0 Å². The van der Waals surface area contributed by atoms with E-state index in [9.17, 15) is 14.7 Å². The fourth-order valence-electron chi connectivity index (χ4n) is 0.759. The summed E-state index contributed by atoms with van der Waals surface area (Å²) in [4.78, 5) is 21.2. The van der Waals surface area contributed by atoms with Gasteiger partial charge in [0.05, 0.1) is 18.8 Å². The molecule has 0 heterocycles. The average Bonchev–Trinajstić information content (AvgIpc) is 2.16. The number of methoxy groups -OCH3 is 1. The average molecular weight is 200 g/mol. The van der Waals surface area contributed by atoms with Crippen LogP contribution >= 0.6 is 0 Å². The number of unbranched alkanes of at least 4 members (excludes halogenated alkanes) is 1. The standard InChI is InChI=1S/C9H15NO4/c1-3-4-5-10-7(9(12)13)6-8(11)14-2/h6,10H,3-5H2,1-2H3,(H,12,13)/p-1/b7-6+. The van der Waals surface area contributed by atoms with Gasteiger partial charge in [-0.1, -0.05) is 13.3 Å². The van der Waals surface area contributed by atoms with Crippen molar-refractivity contribution < 1.29 is 19.4 Å². The summed E-state index contributed by atoms with van der Waals surface area (Å²) < 4.78 is 4.29. The minimum absolute atomic E-state index is 0.245. The molecule has 0 saturated carbocycles. The number of rotatable bonds is 6. The van der Waals surface area contributed by atoms with Gasteiger partial charge < -0.3 is 20.0 Å². The van der Waals surface area contributed by atoms with Gasteiger partial charge in [0.25, 0.3) is 0 Å². The normalized spacial score (nSPS) is 10.9. The molecule has 80 valence electrons. The lowest BCUT2D eigenvalue weighted by Gasteiger charge is -2.10. The van der Waals surface area contributed by atoms with E-state index in [0.717, 1.165) is 18.9 Å². The van der Waals surface area contributed by atoms with Crippen molar-refractivity contribution in [3.8, 4) is 0 Å². The van der Waals surface area contributed by atoms with Gasteiger partial charge in [0.15, 0.2) is 0 Å². The third-order valence-electron chi connectivity index (χ3n) is 1.53. The lowest BCUT2D eigenvalue weighted by atomic mass is 10.3. The van der Waals surface area contributed by atoms with Crippen molar-refractivity contribution in [2.45, 2.75) is 19.8 Å². The van der Waals surface area contributed by atoms with Crippen LogP contribution in [0.2, 0.25) is 0 Å². The predicted molar refractivity (Wildman–Crippen MR) is 48.0 cm³/mol. The zero-order valence-electron chi connectivity index (χ0n) is 8.33. The Morgan fingerprint density at radius 2 is 2.14 bits per heavy atom. The minimum Gasteiger partial charge on any atom is -0.543 e. The molecule has 5 nitrogen and oxygen atoms in total. The molecule has 0 rings (SSSR count). The third kappa shape index (κ3) is 5.18. The molecule has 0 aliphatic rings. The van der Waals surface area contributed by atoms with E-state index in [-0.39, 0.29) is 5.70 Å². The molecule has 0 aliphatic heterocycles. The van der Waals surface area contributed by atoms with E-state index in [1.54, 1.807) is 0 Å². The highest BCUT2D eigenvalue weighted by atomic mass is 16.5. The lowest BCUT2D eigenvalue weighted by molar-refractivity contribution is -0.299. The van der Waals surface area contributed by atoms with Crippen LogP contribution in [0, 0.1) is 0 Å². The molecule has 0 atom stereocenters. The van der Waals surface area contributed by atoms with Gasteiger partial charge in [-0.15, -0.1) is 0 Å². The molecule has 0 aromatic carbocycles. The monoisotopic (exact) mass is 200 g/mol. The number of hydrogen-bond acceptors (Lipinski definition) is 5. The van der Waals surface area contributed by atoms with Gasteiger partial charge in [-0.2, -0.15) is 0 Å². The Morgan fingerprint density at radius 3 is 2.57 bits per heavy atom. The molecule has 0 fully saturated rings. The summed E-state index contributed by atoms with van der Waals surface area (Å²) in [5.41, 5.74) is -0.245.